The van der Waals surface area contributed by atoms with Crippen LogP contribution in [-0.2, 0) is 6.54 Å². The van der Waals surface area contributed by atoms with Gasteiger partial charge in [-0.25, -0.2) is 0 Å². The maximum Gasteiger partial charge on any atom is 0.163 e. The second kappa shape index (κ2) is 6.39. The summed E-state index contributed by atoms with van der Waals surface area (Å²) >= 11 is 5.92. The van der Waals surface area contributed by atoms with Crippen LogP contribution >= 0.6 is 11.6 Å². The van der Waals surface area contributed by atoms with Crippen LogP contribution in [0.1, 0.15) is 29.3 Å². The SMILES string of the molecule is CC(=O)c1cc(Cl)cc(CN(C)CCC#N)c1O. The summed E-state index contributed by atoms with van der Waals surface area (Å²) in [5, 5.41) is 18.9. The molecule has 0 aliphatic heterocycles. The van der Waals surface area contributed by atoms with Crippen molar-refractivity contribution in [2.24, 2.45) is 0 Å². The van der Waals surface area contributed by atoms with Gasteiger partial charge in [0.15, 0.2) is 5.78 Å². The van der Waals surface area contributed by atoms with Crippen LogP contribution in [0.15, 0.2) is 12.1 Å². The predicted molar refractivity (Wildman–Crippen MR) is 69.7 cm³/mol. The molecule has 1 rings (SSSR count). The first-order chi connectivity index (χ1) is 8.45. The van der Waals surface area contributed by atoms with Gasteiger partial charge in [-0.2, -0.15) is 5.26 Å². The number of Topliss-reactive ketones (excluding diaryl/α,β-unsaturated/α-hetero) is 1. The van der Waals surface area contributed by atoms with Crippen molar-refractivity contribution in [2.45, 2.75) is 19.9 Å². The number of hydrogen-bond acceptors (Lipinski definition) is 4. The Labute approximate surface area is 111 Å². The summed E-state index contributed by atoms with van der Waals surface area (Å²) in [7, 11) is 1.84. The van der Waals surface area contributed by atoms with Gasteiger partial charge in [-0.3, -0.25) is 4.79 Å². The van der Waals surface area contributed by atoms with Crippen molar-refractivity contribution in [2.75, 3.05) is 13.6 Å². The number of halogens is 1. The summed E-state index contributed by atoms with van der Waals surface area (Å²) in [6.45, 7) is 2.42. The third-order valence-electron chi connectivity index (χ3n) is 2.58. The largest absolute Gasteiger partial charge is 0.507 e. The van der Waals surface area contributed by atoms with E-state index in [1.165, 1.54) is 13.0 Å². The third kappa shape index (κ3) is 3.73. The van der Waals surface area contributed by atoms with Crippen LogP contribution in [0.2, 0.25) is 5.02 Å². The standard InChI is InChI=1S/C13H15ClN2O2/c1-9(17)12-7-11(14)6-10(13(12)18)8-16(2)5-3-4-15/h6-7,18H,3,5,8H2,1-2H3. The van der Waals surface area contributed by atoms with E-state index < -0.39 is 0 Å². The van der Waals surface area contributed by atoms with E-state index in [0.717, 1.165) is 0 Å². The van der Waals surface area contributed by atoms with Crippen LogP contribution < -0.4 is 0 Å². The summed E-state index contributed by atoms with van der Waals surface area (Å²) in [4.78, 5) is 13.2. The van der Waals surface area contributed by atoms with Gasteiger partial charge in [0.1, 0.15) is 5.75 Å². The van der Waals surface area contributed by atoms with Gasteiger partial charge in [-0.1, -0.05) is 11.6 Å². The Bertz CT molecular complexity index is 494. The van der Waals surface area contributed by atoms with E-state index in [0.29, 0.717) is 30.1 Å². The molecule has 0 aliphatic carbocycles. The zero-order chi connectivity index (χ0) is 13.7. The van der Waals surface area contributed by atoms with E-state index in [4.69, 9.17) is 16.9 Å². The van der Waals surface area contributed by atoms with Crippen LogP contribution in [0.25, 0.3) is 0 Å². The fraction of sp³-hybridized carbons (Fsp3) is 0.385. The summed E-state index contributed by atoms with van der Waals surface area (Å²) in [5.41, 5.74) is 0.819. The molecule has 0 aromatic heterocycles. The Morgan fingerprint density at radius 3 is 2.78 bits per heavy atom. The number of nitriles is 1. The lowest BCUT2D eigenvalue weighted by Crippen LogP contribution is -2.19. The Balaban J connectivity index is 2.96. The highest BCUT2D eigenvalue weighted by Gasteiger charge is 2.14. The molecule has 4 nitrogen and oxygen atoms in total. The molecule has 5 heteroatoms. The van der Waals surface area contributed by atoms with Crippen molar-refractivity contribution >= 4 is 17.4 Å². The zero-order valence-electron chi connectivity index (χ0n) is 10.4. The summed E-state index contributed by atoms with van der Waals surface area (Å²) < 4.78 is 0. The van der Waals surface area contributed by atoms with E-state index >= 15 is 0 Å². The molecule has 1 N–H and O–H groups in total. The Hall–Kier alpha value is -1.57. The molecule has 0 radical (unpaired) electrons. The first-order valence-electron chi connectivity index (χ1n) is 5.53. The van der Waals surface area contributed by atoms with Crippen LogP contribution in [0, 0.1) is 11.3 Å². The molecule has 0 heterocycles. The lowest BCUT2D eigenvalue weighted by molar-refractivity contribution is 0.101. The van der Waals surface area contributed by atoms with E-state index in [1.54, 1.807) is 6.07 Å². The first-order valence-corrected chi connectivity index (χ1v) is 5.91. The van der Waals surface area contributed by atoms with Crippen molar-refractivity contribution in [1.82, 2.24) is 4.90 Å². The average Bonchev–Trinajstić information content (AvgIpc) is 2.30. The lowest BCUT2D eigenvalue weighted by Gasteiger charge is -2.17. The van der Waals surface area contributed by atoms with E-state index in [2.05, 4.69) is 6.07 Å². The molecule has 0 unspecified atom stereocenters. The number of carbonyl (C=O) groups excluding carboxylic acids is 1. The van der Waals surface area contributed by atoms with Crippen molar-refractivity contribution in [3.05, 3.63) is 28.3 Å². The minimum absolute atomic E-state index is 0.0318. The number of ketones is 1. The maximum atomic E-state index is 11.4. The molecule has 0 saturated heterocycles. The van der Waals surface area contributed by atoms with Gasteiger partial charge in [-0.05, 0) is 26.1 Å². The van der Waals surface area contributed by atoms with Crippen molar-refractivity contribution < 1.29 is 9.90 Å². The number of phenolic OH excluding ortho intramolecular Hbond substituents is 1. The number of benzene rings is 1. The molecule has 0 fully saturated rings. The highest BCUT2D eigenvalue weighted by Crippen LogP contribution is 2.28. The topological polar surface area (TPSA) is 64.3 Å². The number of phenols is 1. The minimum atomic E-state index is -0.226. The second-order valence-electron chi connectivity index (χ2n) is 4.16. The molecule has 0 bridgehead atoms. The van der Waals surface area contributed by atoms with E-state index in [1.807, 2.05) is 11.9 Å². The molecule has 0 atom stereocenters. The Morgan fingerprint density at radius 1 is 1.56 bits per heavy atom. The second-order valence-corrected chi connectivity index (χ2v) is 4.60. The fourth-order valence-electron chi connectivity index (χ4n) is 1.66. The van der Waals surface area contributed by atoms with Gasteiger partial charge in [0, 0.05) is 30.1 Å². The number of nitrogens with zero attached hydrogens (tertiary/aromatic N) is 2. The summed E-state index contributed by atoms with van der Waals surface area (Å²) in [6.07, 6.45) is 0.414. The minimum Gasteiger partial charge on any atom is -0.507 e. The third-order valence-corrected chi connectivity index (χ3v) is 2.80. The normalized spacial score (nSPS) is 10.4. The van der Waals surface area contributed by atoms with Crippen LogP contribution in [0.5, 0.6) is 5.75 Å². The molecule has 18 heavy (non-hydrogen) atoms. The molecule has 1 aromatic carbocycles. The van der Waals surface area contributed by atoms with E-state index in [9.17, 15) is 9.90 Å². The van der Waals surface area contributed by atoms with Gasteiger partial charge in [0.2, 0.25) is 0 Å². The van der Waals surface area contributed by atoms with Crippen LogP contribution in [0.3, 0.4) is 0 Å². The molecule has 0 saturated carbocycles. The number of carbonyl (C=O) groups is 1. The molecule has 0 spiro atoms. The highest BCUT2D eigenvalue weighted by molar-refractivity contribution is 6.31. The smallest absolute Gasteiger partial charge is 0.163 e. The van der Waals surface area contributed by atoms with Crippen LogP contribution in [0.4, 0.5) is 0 Å². The molecule has 1 aromatic rings. The van der Waals surface area contributed by atoms with Gasteiger partial charge >= 0.3 is 0 Å². The average molecular weight is 267 g/mol. The fourth-order valence-corrected chi connectivity index (χ4v) is 1.90. The maximum absolute atomic E-state index is 11.4. The first kappa shape index (κ1) is 14.5. The predicted octanol–water partition coefficient (Wildman–Crippen LogP) is 2.59. The molecular weight excluding hydrogens is 252 g/mol. The van der Waals surface area contributed by atoms with Gasteiger partial charge in [0.05, 0.1) is 11.6 Å². The molecule has 96 valence electrons. The summed E-state index contributed by atoms with van der Waals surface area (Å²) in [5.74, 6) is -0.258. The van der Waals surface area contributed by atoms with Gasteiger partial charge in [-0.15, -0.1) is 0 Å². The monoisotopic (exact) mass is 266 g/mol. The molecule has 0 amide bonds. The van der Waals surface area contributed by atoms with Gasteiger partial charge in [0.25, 0.3) is 0 Å². The Morgan fingerprint density at radius 2 is 2.22 bits per heavy atom. The Kier molecular flexibility index (Phi) is 5.14. The van der Waals surface area contributed by atoms with Crippen molar-refractivity contribution in [1.29, 1.82) is 5.26 Å². The van der Waals surface area contributed by atoms with Crippen LogP contribution in [-0.4, -0.2) is 29.4 Å². The quantitative estimate of drug-likeness (QED) is 0.832. The number of aromatic hydroxyl groups is 1. The lowest BCUT2D eigenvalue weighted by atomic mass is 10.1. The van der Waals surface area contributed by atoms with Crippen molar-refractivity contribution in [3.63, 3.8) is 0 Å². The number of hydrogen-bond donors (Lipinski definition) is 1. The highest BCUT2D eigenvalue weighted by atomic mass is 35.5. The zero-order valence-corrected chi connectivity index (χ0v) is 11.2. The van der Waals surface area contributed by atoms with Crippen molar-refractivity contribution in [3.8, 4) is 11.8 Å². The molecule has 0 aliphatic rings. The summed E-state index contributed by atoms with van der Waals surface area (Å²) in [6, 6.07) is 5.14. The molecular formula is C13H15ClN2O2. The number of rotatable bonds is 5. The van der Waals surface area contributed by atoms with E-state index in [-0.39, 0.29) is 17.1 Å². The van der Waals surface area contributed by atoms with Gasteiger partial charge < -0.3 is 10.0 Å².